The van der Waals surface area contributed by atoms with Gasteiger partial charge in [0.1, 0.15) is 6.61 Å². The first-order valence-electron chi connectivity index (χ1n) is 8.68. The van der Waals surface area contributed by atoms with Crippen LogP contribution in [0.5, 0.6) is 11.5 Å². The zero-order valence-electron chi connectivity index (χ0n) is 15.7. The minimum absolute atomic E-state index is 0.353. The first-order valence-corrected chi connectivity index (χ1v) is 8.68. The van der Waals surface area contributed by atoms with E-state index in [4.69, 9.17) is 9.47 Å². The van der Waals surface area contributed by atoms with E-state index < -0.39 is 11.8 Å². The molecule has 0 N–H and O–H groups in total. The van der Waals surface area contributed by atoms with Gasteiger partial charge in [0.25, 0.3) is 11.8 Å². The van der Waals surface area contributed by atoms with Crippen molar-refractivity contribution in [2.45, 2.75) is 6.92 Å². The molecule has 2 amide bonds. The van der Waals surface area contributed by atoms with Gasteiger partial charge in [0.05, 0.1) is 18.4 Å². The highest BCUT2D eigenvalue weighted by Crippen LogP contribution is 2.30. The zero-order chi connectivity index (χ0) is 20.1. The van der Waals surface area contributed by atoms with Crippen molar-refractivity contribution in [2.75, 3.05) is 13.7 Å². The van der Waals surface area contributed by atoms with Crippen LogP contribution in [-0.4, -0.2) is 36.3 Å². The lowest BCUT2D eigenvalue weighted by atomic mass is 10.1. The normalized spacial score (nSPS) is 14.8. The second-order valence-corrected chi connectivity index (χ2v) is 6.04. The van der Waals surface area contributed by atoms with Gasteiger partial charge < -0.3 is 9.47 Å². The maximum Gasteiger partial charge on any atom is 0.283 e. The number of carbonyl (C=O) groups excluding carboxylic acids is 2. The van der Waals surface area contributed by atoms with E-state index in [0.29, 0.717) is 35.0 Å². The molecule has 0 aliphatic carbocycles. The lowest BCUT2D eigenvalue weighted by Gasteiger charge is -2.11. The van der Waals surface area contributed by atoms with Crippen LogP contribution in [-0.2, 0) is 4.79 Å². The number of carbonyl (C=O) groups is 2. The molecule has 28 heavy (non-hydrogen) atoms. The molecule has 0 saturated carbocycles. The molecule has 0 bridgehead atoms. The summed E-state index contributed by atoms with van der Waals surface area (Å²) in [6, 6.07) is 13.9. The predicted molar refractivity (Wildman–Crippen MR) is 107 cm³/mol. The van der Waals surface area contributed by atoms with E-state index >= 15 is 0 Å². The Labute approximate surface area is 163 Å². The number of hydrazone groups is 1. The molecule has 1 aliphatic heterocycles. The van der Waals surface area contributed by atoms with Crippen molar-refractivity contribution in [2.24, 2.45) is 5.10 Å². The van der Waals surface area contributed by atoms with Crippen LogP contribution in [0, 0.1) is 0 Å². The summed E-state index contributed by atoms with van der Waals surface area (Å²) in [5.74, 6) is 0.193. The van der Waals surface area contributed by atoms with Crippen LogP contribution in [0.15, 0.2) is 71.9 Å². The van der Waals surface area contributed by atoms with Crippen molar-refractivity contribution in [3.8, 4) is 11.5 Å². The van der Waals surface area contributed by atoms with Crippen molar-refractivity contribution in [1.29, 1.82) is 0 Å². The Bertz CT molecular complexity index is 977. The SMILES string of the molecule is C=CCOc1ccc(/C=C2/C(=O)N(C(=O)c3ccccc3)N=C2C)cc1OC. The number of nitrogens with zero attached hydrogens (tertiary/aromatic N) is 2. The summed E-state index contributed by atoms with van der Waals surface area (Å²) < 4.78 is 10.9. The van der Waals surface area contributed by atoms with Gasteiger partial charge in [-0.05, 0) is 42.8 Å². The molecule has 0 unspecified atom stereocenters. The van der Waals surface area contributed by atoms with E-state index in [1.165, 1.54) is 0 Å². The Kier molecular flexibility index (Phi) is 5.69. The Morgan fingerprint density at radius 1 is 1.18 bits per heavy atom. The fourth-order valence-corrected chi connectivity index (χ4v) is 2.73. The van der Waals surface area contributed by atoms with Crippen molar-refractivity contribution >= 4 is 23.6 Å². The molecule has 2 aromatic carbocycles. The molecular formula is C22H20N2O4. The number of imide groups is 1. The van der Waals surface area contributed by atoms with Gasteiger partial charge in [0.2, 0.25) is 0 Å². The van der Waals surface area contributed by atoms with E-state index in [-0.39, 0.29) is 0 Å². The Morgan fingerprint density at radius 2 is 1.93 bits per heavy atom. The Morgan fingerprint density at radius 3 is 2.61 bits per heavy atom. The average molecular weight is 376 g/mol. The second-order valence-electron chi connectivity index (χ2n) is 6.04. The number of amides is 2. The molecule has 0 radical (unpaired) electrons. The molecule has 0 fully saturated rings. The number of ether oxygens (including phenoxy) is 2. The van der Waals surface area contributed by atoms with E-state index in [9.17, 15) is 9.59 Å². The first kappa shape index (κ1) is 19.1. The van der Waals surface area contributed by atoms with Crippen molar-refractivity contribution < 1.29 is 19.1 Å². The van der Waals surface area contributed by atoms with Crippen LogP contribution < -0.4 is 9.47 Å². The summed E-state index contributed by atoms with van der Waals surface area (Å²) in [7, 11) is 1.54. The molecule has 3 rings (SSSR count). The van der Waals surface area contributed by atoms with Gasteiger partial charge in [-0.15, -0.1) is 0 Å². The standard InChI is InChI=1S/C22H20N2O4/c1-4-12-28-19-11-10-16(14-20(19)27-3)13-18-15(2)23-24(22(18)26)21(25)17-8-6-5-7-9-17/h4-11,13-14H,1,12H2,2-3H3/b18-13+. The predicted octanol–water partition coefficient (Wildman–Crippen LogP) is 3.70. The van der Waals surface area contributed by atoms with Gasteiger partial charge in [-0.1, -0.05) is 36.9 Å². The third-order valence-electron chi connectivity index (χ3n) is 4.13. The Hall–Kier alpha value is -3.67. The van der Waals surface area contributed by atoms with E-state index in [1.54, 1.807) is 74.7 Å². The molecule has 142 valence electrons. The molecule has 1 heterocycles. The van der Waals surface area contributed by atoms with Gasteiger partial charge in [-0.25, -0.2) is 0 Å². The smallest absolute Gasteiger partial charge is 0.283 e. The lowest BCUT2D eigenvalue weighted by molar-refractivity contribution is -0.123. The number of methoxy groups -OCH3 is 1. The summed E-state index contributed by atoms with van der Waals surface area (Å²) in [6.45, 7) is 5.67. The van der Waals surface area contributed by atoms with Gasteiger partial charge >= 0.3 is 0 Å². The molecule has 6 nitrogen and oxygen atoms in total. The number of hydrogen-bond acceptors (Lipinski definition) is 5. The molecule has 0 aromatic heterocycles. The highest BCUT2D eigenvalue weighted by Gasteiger charge is 2.32. The summed E-state index contributed by atoms with van der Waals surface area (Å²) >= 11 is 0. The number of benzene rings is 2. The molecule has 2 aromatic rings. The monoisotopic (exact) mass is 376 g/mol. The minimum atomic E-state index is -0.461. The van der Waals surface area contributed by atoms with Crippen molar-refractivity contribution in [3.63, 3.8) is 0 Å². The quantitative estimate of drug-likeness (QED) is 0.438. The fourth-order valence-electron chi connectivity index (χ4n) is 2.73. The largest absolute Gasteiger partial charge is 0.493 e. The molecule has 0 spiro atoms. The summed E-state index contributed by atoms with van der Waals surface area (Å²) in [4.78, 5) is 25.3. The van der Waals surface area contributed by atoms with Gasteiger partial charge in [0.15, 0.2) is 11.5 Å². The molecule has 0 saturated heterocycles. The van der Waals surface area contributed by atoms with Gasteiger partial charge in [-0.2, -0.15) is 10.1 Å². The van der Waals surface area contributed by atoms with Gasteiger partial charge in [-0.3, -0.25) is 9.59 Å². The Balaban J connectivity index is 1.87. The van der Waals surface area contributed by atoms with Crippen LogP contribution in [0.3, 0.4) is 0 Å². The third-order valence-corrected chi connectivity index (χ3v) is 4.13. The molecular weight excluding hydrogens is 356 g/mol. The van der Waals surface area contributed by atoms with E-state index in [1.807, 2.05) is 0 Å². The minimum Gasteiger partial charge on any atom is -0.493 e. The lowest BCUT2D eigenvalue weighted by Crippen LogP contribution is -2.29. The molecule has 0 atom stereocenters. The highest BCUT2D eigenvalue weighted by atomic mass is 16.5. The average Bonchev–Trinajstić information content (AvgIpc) is 3.01. The maximum absolute atomic E-state index is 12.8. The van der Waals surface area contributed by atoms with Crippen molar-refractivity contribution in [1.82, 2.24) is 5.01 Å². The van der Waals surface area contributed by atoms with Crippen LogP contribution >= 0.6 is 0 Å². The van der Waals surface area contributed by atoms with E-state index in [0.717, 1.165) is 10.6 Å². The fraction of sp³-hybridized carbons (Fsp3) is 0.136. The topological polar surface area (TPSA) is 68.2 Å². The maximum atomic E-state index is 12.8. The molecule has 1 aliphatic rings. The summed E-state index contributed by atoms with van der Waals surface area (Å²) in [5.41, 5.74) is 1.96. The number of hydrogen-bond donors (Lipinski definition) is 0. The first-order chi connectivity index (χ1) is 13.5. The van der Waals surface area contributed by atoms with Crippen molar-refractivity contribution in [3.05, 3.63) is 77.9 Å². The zero-order valence-corrected chi connectivity index (χ0v) is 15.7. The molecule has 6 heteroatoms. The third kappa shape index (κ3) is 3.86. The van der Waals surface area contributed by atoms with Crippen LogP contribution in [0.2, 0.25) is 0 Å². The summed E-state index contributed by atoms with van der Waals surface area (Å²) in [5, 5.41) is 5.04. The second kappa shape index (κ2) is 8.35. The van der Waals surface area contributed by atoms with E-state index in [2.05, 4.69) is 11.7 Å². The van der Waals surface area contributed by atoms with Crippen LogP contribution in [0.1, 0.15) is 22.8 Å². The van der Waals surface area contributed by atoms with Crippen LogP contribution in [0.4, 0.5) is 0 Å². The highest BCUT2D eigenvalue weighted by molar-refractivity contribution is 6.30. The number of rotatable bonds is 6. The summed E-state index contributed by atoms with van der Waals surface area (Å²) in [6.07, 6.45) is 3.32. The van der Waals surface area contributed by atoms with Gasteiger partial charge in [0, 0.05) is 5.56 Å². The van der Waals surface area contributed by atoms with Crippen LogP contribution in [0.25, 0.3) is 6.08 Å².